The molecule has 4 rings (SSSR count). The first-order valence-electron chi connectivity index (χ1n) is 17.2. The van der Waals surface area contributed by atoms with Crippen LogP contribution >= 0.6 is 0 Å². The zero-order valence-electron chi connectivity index (χ0n) is 31.2. The van der Waals surface area contributed by atoms with Gasteiger partial charge in [0.25, 0.3) is 0 Å². The molecule has 1 heterocycles. The molecule has 0 saturated heterocycles. The van der Waals surface area contributed by atoms with Crippen LogP contribution in [0.3, 0.4) is 0 Å². The van der Waals surface area contributed by atoms with E-state index in [2.05, 4.69) is 156 Å². The van der Waals surface area contributed by atoms with Crippen LogP contribution < -0.4 is 10.0 Å². The van der Waals surface area contributed by atoms with Crippen molar-refractivity contribution < 1.29 is 9.68 Å². The first-order chi connectivity index (χ1) is 20.7. The first kappa shape index (κ1) is 36.4. The van der Waals surface area contributed by atoms with Crippen LogP contribution in [0.2, 0.25) is 0 Å². The molecule has 0 fully saturated rings. The zero-order valence-corrected chi connectivity index (χ0v) is 31.2. The highest BCUT2D eigenvalue weighted by atomic mass is 16.3. The van der Waals surface area contributed by atoms with Crippen molar-refractivity contribution >= 4 is 17.7 Å². The van der Waals surface area contributed by atoms with Crippen molar-refractivity contribution in [2.24, 2.45) is 0 Å². The van der Waals surface area contributed by atoms with Gasteiger partial charge in [-0.2, -0.15) is 0 Å². The lowest BCUT2D eigenvalue weighted by molar-refractivity contribution is -0.425. The van der Waals surface area contributed by atoms with Gasteiger partial charge in [-0.25, -0.2) is 9.48 Å². The maximum atomic E-state index is 12.4. The van der Waals surface area contributed by atoms with Crippen LogP contribution in [0.15, 0.2) is 48.5 Å². The summed E-state index contributed by atoms with van der Waals surface area (Å²) in [6, 6.07) is 17.7. The third kappa shape index (κ3) is 8.40. The van der Waals surface area contributed by atoms with E-state index in [1.165, 1.54) is 39.2 Å². The highest BCUT2D eigenvalue weighted by molar-refractivity contribution is 5.82. The standard InChI is InChI=1S/C27H39N2.C15H24O/c1-18(2)22-11-9-12-23(19(3)4)26(22)28-15-16-29(17-28)27-24(20(5)6)13-10-14-25(27)21(7)8;1-10-8-11(14(2,3)4)13(16)12(9-10)15(5,6)7/h9-14,17-21H,15-16H2,1-8H3;8-9,16H,1-7H3/q+1;/p-1. The van der Waals surface area contributed by atoms with Gasteiger partial charge in [-0.1, -0.05) is 151 Å². The highest BCUT2D eigenvalue weighted by Crippen LogP contribution is 2.40. The summed E-state index contributed by atoms with van der Waals surface area (Å²) < 4.78 is 2.51. The molecular weight excluding hydrogens is 548 g/mol. The van der Waals surface area contributed by atoms with Crippen LogP contribution in [0.25, 0.3) is 0 Å². The van der Waals surface area contributed by atoms with Crippen LogP contribution in [-0.2, 0) is 10.8 Å². The molecule has 3 heteroatoms. The fraction of sp³-hybridized carbons (Fsp3) is 0.548. The summed E-state index contributed by atoms with van der Waals surface area (Å²) in [6.45, 7) is 35.1. The van der Waals surface area contributed by atoms with Crippen LogP contribution in [0, 0.1) is 6.92 Å². The Labute approximate surface area is 276 Å². The van der Waals surface area contributed by atoms with Gasteiger partial charge < -0.3 is 5.11 Å². The number of anilines is 1. The predicted molar refractivity (Wildman–Crippen MR) is 195 cm³/mol. The molecule has 0 radical (unpaired) electrons. The average molecular weight is 611 g/mol. The topological polar surface area (TPSA) is 29.3 Å². The Morgan fingerprint density at radius 1 is 0.644 bits per heavy atom. The lowest BCUT2D eigenvalue weighted by atomic mass is 9.78. The Morgan fingerprint density at radius 2 is 1.02 bits per heavy atom. The number of aryl methyl sites for hydroxylation is 1. The molecule has 3 nitrogen and oxygen atoms in total. The van der Waals surface area contributed by atoms with E-state index < -0.39 is 0 Å². The third-order valence-corrected chi connectivity index (χ3v) is 8.97. The van der Waals surface area contributed by atoms with Gasteiger partial charge in [0, 0.05) is 22.3 Å². The van der Waals surface area contributed by atoms with E-state index in [0.29, 0.717) is 23.7 Å². The minimum Gasteiger partial charge on any atom is -0.872 e. The molecule has 1 aliphatic rings. The molecule has 0 saturated carbocycles. The minimum atomic E-state index is -0.0803. The average Bonchev–Trinajstić information content (AvgIpc) is 3.42. The Balaban J connectivity index is 0.000000292. The lowest BCUT2D eigenvalue weighted by Crippen LogP contribution is -2.22. The van der Waals surface area contributed by atoms with E-state index in [1.54, 1.807) is 0 Å². The number of nitrogens with zero attached hydrogens (tertiary/aromatic N) is 2. The second-order valence-corrected chi connectivity index (χ2v) is 16.4. The second-order valence-electron chi connectivity index (χ2n) is 16.4. The van der Waals surface area contributed by atoms with E-state index in [0.717, 1.165) is 24.2 Å². The summed E-state index contributed by atoms with van der Waals surface area (Å²) in [7, 11) is 0. The second kappa shape index (κ2) is 14.1. The van der Waals surface area contributed by atoms with Gasteiger partial charge in [-0.3, -0.25) is 0 Å². The first-order valence-corrected chi connectivity index (χ1v) is 17.2. The summed E-state index contributed by atoms with van der Waals surface area (Å²) in [5, 5.41) is 12.4. The molecular formula is C42H62N2O. The van der Waals surface area contributed by atoms with E-state index in [4.69, 9.17) is 0 Å². The number of benzene rings is 3. The molecule has 0 aliphatic carbocycles. The van der Waals surface area contributed by atoms with Gasteiger partial charge in [0.15, 0.2) is 0 Å². The normalized spacial score (nSPS) is 14.0. The van der Waals surface area contributed by atoms with E-state index in [1.807, 2.05) is 12.1 Å². The van der Waals surface area contributed by atoms with Gasteiger partial charge in [0.05, 0.1) is 0 Å². The van der Waals surface area contributed by atoms with Crippen LogP contribution in [-0.4, -0.2) is 24.0 Å². The quantitative estimate of drug-likeness (QED) is 0.260. The maximum absolute atomic E-state index is 12.4. The van der Waals surface area contributed by atoms with Crippen molar-refractivity contribution in [1.29, 1.82) is 0 Å². The van der Waals surface area contributed by atoms with Crippen molar-refractivity contribution in [1.82, 2.24) is 0 Å². The lowest BCUT2D eigenvalue weighted by Gasteiger charge is -2.33. The molecule has 3 aromatic rings. The van der Waals surface area contributed by atoms with Gasteiger partial charge >= 0.3 is 0 Å². The van der Waals surface area contributed by atoms with Crippen molar-refractivity contribution in [2.45, 2.75) is 138 Å². The molecule has 0 aromatic heterocycles. The van der Waals surface area contributed by atoms with Gasteiger partial charge in [-0.05, 0) is 52.6 Å². The number of hydrogen-bond donors (Lipinski definition) is 0. The monoisotopic (exact) mass is 610 g/mol. The number of hydrogen-bond acceptors (Lipinski definition) is 2. The van der Waals surface area contributed by atoms with Crippen LogP contribution in [0.5, 0.6) is 5.75 Å². The van der Waals surface area contributed by atoms with E-state index in [-0.39, 0.29) is 16.6 Å². The summed E-state index contributed by atoms with van der Waals surface area (Å²) in [4.78, 5) is 2.51. The molecule has 45 heavy (non-hydrogen) atoms. The van der Waals surface area contributed by atoms with Gasteiger partial charge in [0.2, 0.25) is 6.34 Å². The predicted octanol–water partition coefficient (Wildman–Crippen LogP) is 11.0. The minimum absolute atomic E-state index is 0.0803. The van der Waals surface area contributed by atoms with Crippen LogP contribution in [0.1, 0.15) is 160 Å². The Morgan fingerprint density at radius 3 is 1.38 bits per heavy atom. The summed E-state index contributed by atoms with van der Waals surface area (Å²) >= 11 is 0. The van der Waals surface area contributed by atoms with Crippen molar-refractivity contribution in [3.8, 4) is 5.75 Å². The fourth-order valence-electron chi connectivity index (χ4n) is 6.41. The maximum Gasteiger partial charge on any atom is 0.244 e. The molecule has 0 N–H and O–H groups in total. The summed E-state index contributed by atoms with van der Waals surface area (Å²) in [6.07, 6.45) is 2.38. The van der Waals surface area contributed by atoms with Crippen LogP contribution in [0.4, 0.5) is 11.4 Å². The molecule has 246 valence electrons. The molecule has 0 atom stereocenters. The van der Waals surface area contributed by atoms with Crippen molar-refractivity contribution in [2.75, 3.05) is 18.0 Å². The zero-order chi connectivity index (χ0) is 34.0. The summed E-state index contributed by atoms with van der Waals surface area (Å²) in [5.41, 5.74) is 11.5. The Hall–Kier alpha value is -3.07. The van der Waals surface area contributed by atoms with Crippen molar-refractivity contribution in [3.63, 3.8) is 0 Å². The third-order valence-electron chi connectivity index (χ3n) is 8.97. The SMILES string of the molecule is CC(C)c1cccc(C(C)C)c1N1C=[N+](c2c(C(C)C)cccc2C(C)C)CC1.Cc1cc(C(C)(C)C)c([O-])c(C(C)(C)C)c1. The Kier molecular flexibility index (Phi) is 11.4. The fourth-order valence-corrected chi connectivity index (χ4v) is 6.41. The molecule has 0 spiro atoms. The van der Waals surface area contributed by atoms with Crippen molar-refractivity contribution in [3.05, 3.63) is 87.5 Å². The molecule has 0 amide bonds. The molecule has 0 bridgehead atoms. The smallest absolute Gasteiger partial charge is 0.244 e. The highest BCUT2D eigenvalue weighted by Gasteiger charge is 2.31. The molecule has 0 unspecified atom stereocenters. The van der Waals surface area contributed by atoms with E-state index >= 15 is 0 Å². The largest absolute Gasteiger partial charge is 0.872 e. The van der Waals surface area contributed by atoms with Gasteiger partial charge in [0.1, 0.15) is 24.5 Å². The van der Waals surface area contributed by atoms with E-state index in [9.17, 15) is 5.11 Å². The van der Waals surface area contributed by atoms with Gasteiger partial charge in [-0.15, -0.1) is 5.75 Å². The number of rotatable bonds is 6. The number of para-hydroxylation sites is 2. The Bertz CT molecular complexity index is 1400. The summed E-state index contributed by atoms with van der Waals surface area (Å²) in [5.74, 6) is 2.27. The molecule has 3 aromatic carbocycles. The molecule has 1 aliphatic heterocycles.